The second kappa shape index (κ2) is 5.66. The molecule has 6 heteroatoms. The highest BCUT2D eigenvalue weighted by atomic mass is 19.1. The van der Waals surface area contributed by atoms with Gasteiger partial charge in [0.1, 0.15) is 11.6 Å². The molecule has 2 aromatic rings. The van der Waals surface area contributed by atoms with Crippen molar-refractivity contribution in [2.75, 3.05) is 0 Å². The Labute approximate surface area is 114 Å². The molecule has 5 nitrogen and oxygen atoms in total. The smallest absolute Gasteiger partial charge is 0.314 e. The Morgan fingerprint density at radius 1 is 1.25 bits per heavy atom. The van der Waals surface area contributed by atoms with Crippen molar-refractivity contribution in [1.29, 1.82) is 0 Å². The van der Waals surface area contributed by atoms with Gasteiger partial charge in [-0.3, -0.25) is 10.1 Å². The number of nitro groups is 1. The number of aryl methyl sites for hydroxylation is 1. The van der Waals surface area contributed by atoms with Crippen LogP contribution in [0.25, 0.3) is 0 Å². The molecule has 0 unspecified atom stereocenters. The molecular formula is C14H13FN2O3. The number of hydrogen-bond acceptors (Lipinski definition) is 4. The van der Waals surface area contributed by atoms with E-state index in [-0.39, 0.29) is 5.75 Å². The van der Waals surface area contributed by atoms with Gasteiger partial charge in [-0.25, -0.2) is 4.39 Å². The van der Waals surface area contributed by atoms with Gasteiger partial charge in [-0.05, 0) is 36.2 Å². The third-order valence-electron chi connectivity index (χ3n) is 2.81. The number of ether oxygens (including phenoxy) is 1. The summed E-state index contributed by atoms with van der Waals surface area (Å²) in [7, 11) is 0. The zero-order valence-corrected chi connectivity index (χ0v) is 10.8. The molecule has 0 heterocycles. The molecular weight excluding hydrogens is 263 g/mol. The van der Waals surface area contributed by atoms with E-state index < -0.39 is 16.4 Å². The minimum atomic E-state index is -0.681. The lowest BCUT2D eigenvalue weighted by atomic mass is 10.1. The Kier molecular flexibility index (Phi) is 3.95. The number of rotatable bonds is 4. The van der Waals surface area contributed by atoms with Crippen molar-refractivity contribution in [3.05, 3.63) is 63.5 Å². The molecule has 0 bridgehead atoms. The van der Waals surface area contributed by atoms with E-state index in [4.69, 9.17) is 10.5 Å². The lowest BCUT2D eigenvalue weighted by Crippen LogP contribution is -1.98. The molecule has 0 fully saturated rings. The normalized spacial score (nSPS) is 10.3. The molecule has 2 aromatic carbocycles. The Morgan fingerprint density at radius 3 is 2.55 bits per heavy atom. The topological polar surface area (TPSA) is 78.4 Å². The largest absolute Gasteiger partial charge is 0.450 e. The van der Waals surface area contributed by atoms with E-state index >= 15 is 0 Å². The maximum atomic E-state index is 13.1. The highest BCUT2D eigenvalue weighted by Gasteiger charge is 2.17. The molecule has 104 valence electrons. The summed E-state index contributed by atoms with van der Waals surface area (Å²) in [5.74, 6) is -0.212. The van der Waals surface area contributed by atoms with Crippen LogP contribution in [-0.4, -0.2) is 4.92 Å². The molecule has 0 radical (unpaired) electrons. The second-order valence-corrected chi connectivity index (χ2v) is 4.28. The maximum absolute atomic E-state index is 13.1. The lowest BCUT2D eigenvalue weighted by Gasteiger charge is -2.10. The van der Waals surface area contributed by atoms with Crippen LogP contribution in [0.15, 0.2) is 36.4 Å². The van der Waals surface area contributed by atoms with Gasteiger partial charge in [0.15, 0.2) is 0 Å². The summed E-state index contributed by atoms with van der Waals surface area (Å²) in [5.41, 5.74) is 6.85. The van der Waals surface area contributed by atoms with Gasteiger partial charge in [-0.2, -0.15) is 0 Å². The predicted octanol–water partition coefficient (Wildman–Crippen LogP) is 3.29. The highest BCUT2D eigenvalue weighted by molar-refractivity contribution is 5.50. The van der Waals surface area contributed by atoms with Crippen LogP contribution in [0.4, 0.5) is 10.1 Å². The quantitative estimate of drug-likeness (QED) is 0.686. The van der Waals surface area contributed by atoms with Gasteiger partial charge < -0.3 is 10.5 Å². The van der Waals surface area contributed by atoms with Crippen LogP contribution in [0, 0.1) is 22.9 Å². The van der Waals surface area contributed by atoms with Crippen LogP contribution in [0.5, 0.6) is 11.5 Å². The average Bonchev–Trinajstić information content (AvgIpc) is 2.42. The van der Waals surface area contributed by atoms with Crippen LogP contribution in [0.2, 0.25) is 0 Å². The summed E-state index contributed by atoms with van der Waals surface area (Å²) in [4.78, 5) is 10.2. The number of nitrogens with zero attached hydrogens (tertiary/aromatic N) is 1. The van der Waals surface area contributed by atoms with Gasteiger partial charge in [-0.1, -0.05) is 12.1 Å². The zero-order valence-electron chi connectivity index (χ0n) is 10.8. The maximum Gasteiger partial charge on any atom is 0.314 e. The minimum absolute atomic E-state index is 0.00000142. The van der Waals surface area contributed by atoms with E-state index in [0.29, 0.717) is 12.3 Å². The Morgan fingerprint density at radius 2 is 1.95 bits per heavy atom. The molecule has 2 rings (SSSR count). The lowest BCUT2D eigenvalue weighted by molar-refractivity contribution is -0.385. The standard InChI is InChI=1S/C14H13FN2O3/c1-9-6-10(8-16)2-4-13(9)20-14-5-3-11(15)7-12(14)17(18)19/h2-7H,8,16H2,1H3. The van der Waals surface area contributed by atoms with Crippen LogP contribution < -0.4 is 10.5 Å². The number of halogens is 1. The first-order valence-corrected chi connectivity index (χ1v) is 5.92. The van der Waals surface area contributed by atoms with E-state index in [1.165, 1.54) is 6.07 Å². The fourth-order valence-electron chi connectivity index (χ4n) is 1.79. The monoisotopic (exact) mass is 276 g/mol. The van der Waals surface area contributed by atoms with Crippen molar-refractivity contribution in [2.45, 2.75) is 13.5 Å². The van der Waals surface area contributed by atoms with Gasteiger partial charge in [0.05, 0.1) is 11.0 Å². The number of hydrogen-bond donors (Lipinski definition) is 1. The first-order chi connectivity index (χ1) is 9.51. The van der Waals surface area contributed by atoms with Crippen molar-refractivity contribution in [1.82, 2.24) is 0 Å². The molecule has 0 aliphatic heterocycles. The summed E-state index contributed by atoms with van der Waals surface area (Å²) >= 11 is 0. The molecule has 0 aliphatic carbocycles. The third-order valence-corrected chi connectivity index (χ3v) is 2.81. The summed E-state index contributed by atoms with van der Waals surface area (Å²) in [6.45, 7) is 2.21. The van der Waals surface area contributed by atoms with E-state index in [2.05, 4.69) is 0 Å². The molecule has 0 amide bonds. The second-order valence-electron chi connectivity index (χ2n) is 4.28. The number of benzene rings is 2. The Bertz CT molecular complexity index is 659. The Hall–Kier alpha value is -2.47. The molecule has 0 aromatic heterocycles. The van der Waals surface area contributed by atoms with Crippen molar-refractivity contribution in [3.63, 3.8) is 0 Å². The van der Waals surface area contributed by atoms with Crippen LogP contribution >= 0.6 is 0 Å². The highest BCUT2D eigenvalue weighted by Crippen LogP contribution is 2.33. The average molecular weight is 276 g/mol. The molecule has 0 spiro atoms. The predicted molar refractivity (Wildman–Crippen MR) is 72.2 cm³/mol. The van der Waals surface area contributed by atoms with E-state index in [0.717, 1.165) is 23.3 Å². The fourth-order valence-corrected chi connectivity index (χ4v) is 1.79. The van der Waals surface area contributed by atoms with Crippen molar-refractivity contribution in [2.24, 2.45) is 5.73 Å². The van der Waals surface area contributed by atoms with Crippen molar-refractivity contribution >= 4 is 5.69 Å². The van der Waals surface area contributed by atoms with E-state index in [1.807, 2.05) is 13.0 Å². The Balaban J connectivity index is 2.37. The SMILES string of the molecule is Cc1cc(CN)ccc1Oc1ccc(F)cc1[N+](=O)[O-]. The fraction of sp³-hybridized carbons (Fsp3) is 0.143. The summed E-state index contributed by atoms with van der Waals surface area (Å²) in [5, 5.41) is 10.9. The van der Waals surface area contributed by atoms with E-state index in [1.54, 1.807) is 12.1 Å². The molecule has 2 N–H and O–H groups in total. The van der Waals surface area contributed by atoms with Gasteiger partial charge in [0.25, 0.3) is 0 Å². The van der Waals surface area contributed by atoms with Gasteiger partial charge >= 0.3 is 5.69 Å². The zero-order chi connectivity index (χ0) is 14.7. The molecule has 0 aliphatic rings. The van der Waals surface area contributed by atoms with Gasteiger partial charge in [0.2, 0.25) is 5.75 Å². The first-order valence-electron chi connectivity index (χ1n) is 5.92. The van der Waals surface area contributed by atoms with E-state index in [9.17, 15) is 14.5 Å². The third kappa shape index (κ3) is 2.92. The number of nitro benzene ring substituents is 1. The van der Waals surface area contributed by atoms with Crippen molar-refractivity contribution in [3.8, 4) is 11.5 Å². The first kappa shape index (κ1) is 14.0. The molecule has 0 saturated carbocycles. The van der Waals surface area contributed by atoms with Gasteiger partial charge in [0, 0.05) is 6.54 Å². The van der Waals surface area contributed by atoms with Crippen LogP contribution in [-0.2, 0) is 6.54 Å². The number of nitrogens with two attached hydrogens (primary N) is 1. The van der Waals surface area contributed by atoms with Crippen LogP contribution in [0.3, 0.4) is 0 Å². The van der Waals surface area contributed by atoms with Crippen molar-refractivity contribution < 1.29 is 14.1 Å². The molecule has 20 heavy (non-hydrogen) atoms. The minimum Gasteiger partial charge on any atom is -0.450 e. The summed E-state index contributed by atoms with van der Waals surface area (Å²) < 4.78 is 18.6. The van der Waals surface area contributed by atoms with Gasteiger partial charge in [-0.15, -0.1) is 0 Å². The summed E-state index contributed by atoms with van der Waals surface area (Å²) in [6.07, 6.45) is 0. The molecule has 0 atom stereocenters. The summed E-state index contributed by atoms with van der Waals surface area (Å²) in [6, 6.07) is 8.49. The van der Waals surface area contributed by atoms with Crippen LogP contribution in [0.1, 0.15) is 11.1 Å². The molecule has 0 saturated heterocycles.